The molecule has 1 aliphatic carbocycles. The number of fused-ring (bicyclic) bond motifs is 2. The van der Waals surface area contributed by atoms with E-state index in [1.165, 1.54) is 6.92 Å². The second kappa shape index (κ2) is 5.96. The van der Waals surface area contributed by atoms with E-state index >= 15 is 0 Å². The number of benzene rings is 1. The van der Waals surface area contributed by atoms with Gasteiger partial charge in [0.2, 0.25) is 5.91 Å². The van der Waals surface area contributed by atoms with Crippen LogP contribution >= 0.6 is 0 Å². The molecule has 1 amide bonds. The molecule has 5 rings (SSSR count). The number of pyridine rings is 1. The molecule has 1 aliphatic heterocycles. The Morgan fingerprint density at radius 2 is 2.07 bits per heavy atom. The zero-order valence-corrected chi connectivity index (χ0v) is 16.4. The normalized spacial score (nSPS) is 23.3. The molecule has 9 heteroatoms. The van der Waals surface area contributed by atoms with Gasteiger partial charge in [0.15, 0.2) is 5.65 Å². The molecule has 156 valence electrons. The zero-order chi connectivity index (χ0) is 21.4. The number of carbonyl (C=O) groups is 1. The Balaban J connectivity index is 1.47. The number of piperidine rings is 1. The van der Waals surface area contributed by atoms with Crippen molar-refractivity contribution in [2.45, 2.75) is 26.1 Å². The van der Waals surface area contributed by atoms with Crippen molar-refractivity contribution in [2.75, 3.05) is 13.6 Å². The van der Waals surface area contributed by atoms with Crippen LogP contribution in [0.3, 0.4) is 0 Å². The third-order valence-corrected chi connectivity index (χ3v) is 6.21. The highest BCUT2D eigenvalue weighted by Gasteiger charge is 2.64. The summed E-state index contributed by atoms with van der Waals surface area (Å²) in [7, 11) is 1.81. The van der Waals surface area contributed by atoms with Crippen LogP contribution in [0.2, 0.25) is 0 Å². The lowest BCUT2D eigenvalue weighted by Crippen LogP contribution is -2.26. The summed E-state index contributed by atoms with van der Waals surface area (Å²) in [4.78, 5) is 18.3. The predicted octanol–water partition coefficient (Wildman–Crippen LogP) is 3.61. The van der Waals surface area contributed by atoms with E-state index in [0.717, 1.165) is 17.9 Å². The van der Waals surface area contributed by atoms with Crippen molar-refractivity contribution < 1.29 is 23.1 Å². The van der Waals surface area contributed by atoms with Gasteiger partial charge in [-0.2, -0.15) is 18.3 Å². The van der Waals surface area contributed by atoms with E-state index in [9.17, 15) is 23.1 Å². The third-order valence-electron chi connectivity index (χ3n) is 6.21. The van der Waals surface area contributed by atoms with Crippen LogP contribution in [0.15, 0.2) is 30.5 Å². The van der Waals surface area contributed by atoms with Crippen molar-refractivity contribution in [3.8, 4) is 17.0 Å². The van der Waals surface area contributed by atoms with Crippen LogP contribution in [0.25, 0.3) is 22.3 Å². The predicted molar refractivity (Wildman–Crippen MR) is 103 cm³/mol. The first-order chi connectivity index (χ1) is 14.1. The minimum Gasteiger partial charge on any atom is -0.507 e. The molecule has 3 heterocycles. The summed E-state index contributed by atoms with van der Waals surface area (Å²) in [6.45, 7) is 2.84. The minimum absolute atomic E-state index is 0.0603. The molecule has 1 saturated heterocycles. The quantitative estimate of drug-likeness (QED) is 0.708. The van der Waals surface area contributed by atoms with E-state index in [0.29, 0.717) is 30.5 Å². The summed E-state index contributed by atoms with van der Waals surface area (Å²) in [5.41, 5.74) is 0.358. The number of halogens is 3. The number of carbonyl (C=O) groups excluding carboxylic acids is 1. The largest absolute Gasteiger partial charge is 0.507 e. The van der Waals surface area contributed by atoms with Gasteiger partial charge in [-0.3, -0.25) is 9.48 Å². The van der Waals surface area contributed by atoms with Crippen LogP contribution < -0.4 is 0 Å². The van der Waals surface area contributed by atoms with Crippen molar-refractivity contribution >= 4 is 16.9 Å². The van der Waals surface area contributed by atoms with Gasteiger partial charge in [0.05, 0.1) is 11.3 Å². The van der Waals surface area contributed by atoms with Crippen molar-refractivity contribution in [1.82, 2.24) is 19.7 Å². The zero-order valence-electron chi connectivity index (χ0n) is 16.4. The number of hydrogen-bond acceptors (Lipinski definition) is 4. The molecule has 2 unspecified atom stereocenters. The molecule has 6 nitrogen and oxygen atoms in total. The first-order valence-electron chi connectivity index (χ1n) is 9.58. The number of aryl methyl sites for hydroxylation is 1. The van der Waals surface area contributed by atoms with Crippen molar-refractivity contribution in [2.24, 2.45) is 11.3 Å². The molecular weight excluding hydrogens is 397 g/mol. The first kappa shape index (κ1) is 18.9. The van der Waals surface area contributed by atoms with Crippen molar-refractivity contribution in [1.29, 1.82) is 0 Å². The fourth-order valence-electron chi connectivity index (χ4n) is 4.67. The molecule has 2 atom stereocenters. The van der Waals surface area contributed by atoms with Gasteiger partial charge in [-0.05, 0) is 43.2 Å². The van der Waals surface area contributed by atoms with E-state index in [-0.39, 0.29) is 28.4 Å². The number of amides is 1. The molecule has 0 bridgehead atoms. The van der Waals surface area contributed by atoms with Gasteiger partial charge >= 0.3 is 6.18 Å². The maximum absolute atomic E-state index is 13.0. The van der Waals surface area contributed by atoms with E-state index in [1.54, 1.807) is 21.7 Å². The lowest BCUT2D eigenvalue weighted by atomic mass is 10.00. The highest BCUT2D eigenvalue weighted by molar-refractivity contribution is 5.85. The molecule has 0 spiro atoms. The summed E-state index contributed by atoms with van der Waals surface area (Å²) < 4.78 is 40.7. The number of aromatic nitrogens is 3. The Morgan fingerprint density at radius 3 is 2.70 bits per heavy atom. The number of phenolic OH excluding ortho intramolecular Hbond substituents is 1. The number of nitrogens with zero attached hydrogens (tertiary/aromatic N) is 4. The van der Waals surface area contributed by atoms with Crippen LogP contribution in [0.1, 0.15) is 17.5 Å². The molecule has 2 fully saturated rings. The smallest absolute Gasteiger partial charge is 0.416 e. The summed E-state index contributed by atoms with van der Waals surface area (Å²) in [5.74, 6) is -0.230. The topological polar surface area (TPSA) is 71.2 Å². The number of rotatable bonds is 3. The molecule has 2 aliphatic rings. The number of hydrogen-bond donors (Lipinski definition) is 1. The molecule has 1 saturated carbocycles. The van der Waals surface area contributed by atoms with Gasteiger partial charge in [0, 0.05) is 48.6 Å². The van der Waals surface area contributed by atoms with Crippen molar-refractivity contribution in [3.05, 3.63) is 41.6 Å². The maximum atomic E-state index is 13.0. The van der Waals surface area contributed by atoms with E-state index in [1.807, 2.05) is 13.2 Å². The van der Waals surface area contributed by atoms with Crippen LogP contribution in [-0.4, -0.2) is 44.3 Å². The monoisotopic (exact) mass is 416 g/mol. The van der Waals surface area contributed by atoms with Gasteiger partial charge in [-0.1, -0.05) is 0 Å². The van der Waals surface area contributed by atoms with Crippen LogP contribution in [-0.2, 0) is 17.5 Å². The summed E-state index contributed by atoms with van der Waals surface area (Å²) in [6, 6.07) is 5.16. The molecule has 1 N–H and O–H groups in total. The Kier molecular flexibility index (Phi) is 3.76. The second-order valence-corrected chi connectivity index (χ2v) is 8.43. The Labute approximate surface area is 169 Å². The summed E-state index contributed by atoms with van der Waals surface area (Å²) in [5, 5.41) is 15.5. The fraction of sp³-hybridized carbons (Fsp3) is 0.381. The van der Waals surface area contributed by atoms with Gasteiger partial charge < -0.3 is 10.0 Å². The number of likely N-dealkylation sites (tertiary alicyclic amines) is 1. The van der Waals surface area contributed by atoms with E-state index in [2.05, 4.69) is 10.1 Å². The van der Waals surface area contributed by atoms with Gasteiger partial charge in [-0.25, -0.2) is 4.98 Å². The minimum atomic E-state index is -4.54. The van der Waals surface area contributed by atoms with Crippen LogP contribution in [0.5, 0.6) is 5.75 Å². The average molecular weight is 416 g/mol. The second-order valence-electron chi connectivity index (χ2n) is 8.43. The fourth-order valence-corrected chi connectivity index (χ4v) is 4.67. The molecule has 0 radical (unpaired) electrons. The molecule has 3 aromatic rings. The highest BCUT2D eigenvalue weighted by atomic mass is 19.4. The average Bonchev–Trinajstić information content (AvgIpc) is 3.09. The SMILES string of the molecule is Cc1cc(C(F)(F)F)cc(O)c1-c1ccc2cn(CC34CC3C(=O)N(C)C4)nc2n1. The first-order valence-corrected chi connectivity index (χ1v) is 9.58. The number of alkyl halides is 3. The summed E-state index contributed by atoms with van der Waals surface area (Å²) in [6.07, 6.45) is -1.81. The highest BCUT2D eigenvalue weighted by Crippen LogP contribution is 2.59. The lowest BCUT2D eigenvalue weighted by molar-refractivity contribution is -0.137. The Hall–Kier alpha value is -3.10. The van der Waals surface area contributed by atoms with Gasteiger partial charge in [0.1, 0.15) is 5.75 Å². The Bertz CT molecular complexity index is 1180. The molecule has 1 aromatic carbocycles. The molecule has 2 aromatic heterocycles. The molecule has 30 heavy (non-hydrogen) atoms. The lowest BCUT2D eigenvalue weighted by Gasteiger charge is -2.15. The van der Waals surface area contributed by atoms with E-state index < -0.39 is 17.5 Å². The van der Waals surface area contributed by atoms with Crippen LogP contribution in [0.4, 0.5) is 13.2 Å². The number of phenols is 1. The van der Waals surface area contributed by atoms with E-state index in [4.69, 9.17) is 0 Å². The standard InChI is InChI=1S/C21H19F3N4O2/c1-11-5-13(21(22,23)24)6-16(29)17(11)15-4-3-12-8-28(26-18(12)25-15)10-20-7-14(20)19(30)27(2)9-20/h3-6,8,14,29H,7,9-10H2,1-2H3. The Morgan fingerprint density at radius 1 is 1.30 bits per heavy atom. The number of aromatic hydroxyl groups is 1. The molecular formula is C21H19F3N4O2. The van der Waals surface area contributed by atoms with Gasteiger partial charge in [0.25, 0.3) is 0 Å². The van der Waals surface area contributed by atoms with Crippen molar-refractivity contribution in [3.63, 3.8) is 0 Å². The van der Waals surface area contributed by atoms with Gasteiger partial charge in [-0.15, -0.1) is 0 Å². The summed E-state index contributed by atoms with van der Waals surface area (Å²) >= 11 is 0. The van der Waals surface area contributed by atoms with Crippen LogP contribution in [0, 0.1) is 18.3 Å². The third kappa shape index (κ3) is 2.83. The maximum Gasteiger partial charge on any atom is 0.416 e.